The molecule has 0 saturated carbocycles. The van der Waals surface area contributed by atoms with E-state index in [2.05, 4.69) is 20.0 Å². The van der Waals surface area contributed by atoms with Crippen LogP contribution in [0, 0.1) is 0 Å². The van der Waals surface area contributed by atoms with Gasteiger partial charge in [-0.3, -0.25) is 0 Å². The van der Waals surface area contributed by atoms with E-state index in [4.69, 9.17) is 14.2 Å². The number of ether oxygens (including phenoxy) is 3. The van der Waals surface area contributed by atoms with Crippen molar-refractivity contribution < 1.29 is 53.2 Å². The number of nitrogens with zero attached hydrogens (tertiary/aromatic N) is 6. The van der Waals surface area contributed by atoms with E-state index >= 15 is 0 Å². The number of aromatic carboxylic acids is 1. The zero-order valence-corrected chi connectivity index (χ0v) is 21.9. The standard InChI is InChI=1S/C13H15N3O3.C12H13N3O3.Li.H2O/c1-18-13(17)10-9-14-16-4-2-3-11(12(10)16)15-5-7-19-8-6-15;16-12(17)9-8-13-15-3-1-2-10(11(9)15)14-4-6-18-7-5-14;;/h2-4,9H,5-8H2,1H3;1-3,8H,4-7H2,(H,16,17);;1H2/q;;+1;/p-1. The summed E-state index contributed by atoms with van der Waals surface area (Å²) >= 11 is 0. The molecule has 2 aliphatic rings. The van der Waals surface area contributed by atoms with Gasteiger partial charge in [0.1, 0.15) is 22.2 Å². The molecular formula is C25H29LiN6O7. The number of hydrogen-bond donors (Lipinski definition) is 1. The predicted molar refractivity (Wildman–Crippen MR) is 137 cm³/mol. The van der Waals surface area contributed by atoms with E-state index in [0.29, 0.717) is 37.5 Å². The summed E-state index contributed by atoms with van der Waals surface area (Å²) in [5.74, 6) is -1.32. The molecule has 0 radical (unpaired) electrons. The number of rotatable bonds is 4. The maximum Gasteiger partial charge on any atom is 1.00 e. The maximum atomic E-state index is 11.8. The fourth-order valence-electron chi connectivity index (χ4n) is 4.59. The van der Waals surface area contributed by atoms with Gasteiger partial charge in [0.2, 0.25) is 0 Å². The van der Waals surface area contributed by atoms with E-state index in [-0.39, 0.29) is 35.9 Å². The molecular weight excluding hydrogens is 503 g/mol. The van der Waals surface area contributed by atoms with Crippen LogP contribution in [0.2, 0.25) is 0 Å². The summed E-state index contributed by atoms with van der Waals surface area (Å²) < 4.78 is 18.8. The second-order valence-corrected chi connectivity index (χ2v) is 8.49. The number of esters is 1. The second kappa shape index (κ2) is 13.5. The monoisotopic (exact) mass is 532 g/mol. The largest absolute Gasteiger partial charge is 1.00 e. The molecule has 0 aromatic carbocycles. The molecule has 6 heterocycles. The molecule has 2 aliphatic heterocycles. The number of carboxylic acid groups (broad SMARTS) is 1. The Morgan fingerprint density at radius 2 is 1.26 bits per heavy atom. The average molecular weight is 532 g/mol. The maximum absolute atomic E-state index is 11.8. The van der Waals surface area contributed by atoms with Crippen LogP contribution in [0.3, 0.4) is 0 Å². The van der Waals surface area contributed by atoms with Crippen LogP contribution in [-0.2, 0) is 14.2 Å². The van der Waals surface area contributed by atoms with E-state index in [1.807, 2.05) is 30.5 Å². The van der Waals surface area contributed by atoms with Crippen molar-refractivity contribution in [2.75, 3.05) is 69.5 Å². The average Bonchev–Trinajstić information content (AvgIpc) is 3.59. The van der Waals surface area contributed by atoms with Gasteiger partial charge in [-0.15, -0.1) is 0 Å². The number of aromatic nitrogens is 4. The van der Waals surface area contributed by atoms with Crippen LogP contribution in [0.4, 0.5) is 11.4 Å². The van der Waals surface area contributed by atoms with E-state index < -0.39 is 5.97 Å². The Kier molecular flexibility index (Phi) is 10.3. The van der Waals surface area contributed by atoms with E-state index in [9.17, 15) is 14.7 Å². The number of methoxy groups -OCH3 is 1. The summed E-state index contributed by atoms with van der Waals surface area (Å²) in [5.41, 5.74) is 4.05. The molecule has 13 nitrogen and oxygen atoms in total. The Morgan fingerprint density at radius 3 is 1.69 bits per heavy atom. The van der Waals surface area contributed by atoms with Crippen LogP contribution in [-0.4, -0.2) is 101 Å². The summed E-state index contributed by atoms with van der Waals surface area (Å²) in [7, 11) is 1.38. The van der Waals surface area contributed by atoms with Crippen LogP contribution < -0.4 is 28.7 Å². The number of carbonyl (C=O) groups excluding carboxylic acids is 1. The summed E-state index contributed by atoms with van der Waals surface area (Å²) in [5, 5.41) is 17.5. The zero-order chi connectivity index (χ0) is 25.8. The molecule has 4 aromatic rings. The molecule has 2 N–H and O–H groups in total. The smallest absolute Gasteiger partial charge is 0.870 e. The normalized spacial score (nSPS) is 15.1. The minimum Gasteiger partial charge on any atom is -0.870 e. The molecule has 202 valence electrons. The van der Waals surface area contributed by atoms with E-state index in [1.165, 1.54) is 13.3 Å². The first kappa shape index (κ1) is 29.9. The van der Waals surface area contributed by atoms with Crippen molar-refractivity contribution in [3.8, 4) is 0 Å². The summed E-state index contributed by atoms with van der Waals surface area (Å²) in [6, 6.07) is 7.71. The zero-order valence-electron chi connectivity index (χ0n) is 21.9. The van der Waals surface area contributed by atoms with Gasteiger partial charge in [0.15, 0.2) is 0 Å². The number of carbonyl (C=O) groups is 2. The third-order valence-electron chi connectivity index (χ3n) is 6.38. The van der Waals surface area contributed by atoms with Crippen LogP contribution in [0.5, 0.6) is 0 Å². The molecule has 0 unspecified atom stereocenters. The van der Waals surface area contributed by atoms with Gasteiger partial charge in [-0.25, -0.2) is 18.6 Å². The third-order valence-corrected chi connectivity index (χ3v) is 6.38. The molecule has 2 saturated heterocycles. The summed E-state index contributed by atoms with van der Waals surface area (Å²) in [6.45, 7) is 5.88. The van der Waals surface area contributed by atoms with Crippen LogP contribution in [0.15, 0.2) is 49.1 Å². The molecule has 39 heavy (non-hydrogen) atoms. The van der Waals surface area contributed by atoms with Crippen molar-refractivity contribution in [1.29, 1.82) is 0 Å². The number of carboxylic acids is 1. The Morgan fingerprint density at radius 1 is 0.821 bits per heavy atom. The van der Waals surface area contributed by atoms with Crippen molar-refractivity contribution in [3.63, 3.8) is 0 Å². The molecule has 14 heteroatoms. The van der Waals surface area contributed by atoms with Gasteiger partial charge >= 0.3 is 30.8 Å². The molecule has 0 amide bonds. The SMILES string of the molecule is COC(=O)c1cnn2cccc(N3CCOCC3)c12.O=C(O)c1cnn2cccc(N3CCOCC3)c12.[Li+].[OH-]. The van der Waals surface area contributed by atoms with Gasteiger partial charge in [0.25, 0.3) is 0 Å². The summed E-state index contributed by atoms with van der Waals surface area (Å²) in [4.78, 5) is 27.4. The number of hydrogen-bond acceptors (Lipinski definition) is 10. The Balaban J connectivity index is 0.000000205. The molecule has 0 bridgehead atoms. The Hall–Kier alpha value is -3.60. The van der Waals surface area contributed by atoms with Crippen LogP contribution in [0.25, 0.3) is 11.0 Å². The fourth-order valence-corrected chi connectivity index (χ4v) is 4.59. The molecule has 6 rings (SSSR count). The van der Waals surface area contributed by atoms with Crippen LogP contribution >= 0.6 is 0 Å². The first-order valence-corrected chi connectivity index (χ1v) is 12.0. The first-order chi connectivity index (χ1) is 18.1. The fraction of sp³-hybridized carbons (Fsp3) is 0.360. The topological polar surface area (TPSA) is 153 Å². The van der Waals surface area contributed by atoms with Gasteiger partial charge in [0.05, 0.1) is 57.3 Å². The van der Waals surface area contributed by atoms with Gasteiger partial charge < -0.3 is 34.6 Å². The molecule has 4 aromatic heterocycles. The van der Waals surface area contributed by atoms with Crippen molar-refractivity contribution in [1.82, 2.24) is 19.2 Å². The van der Waals surface area contributed by atoms with Gasteiger partial charge in [-0.2, -0.15) is 10.2 Å². The quantitative estimate of drug-likeness (QED) is 0.245. The van der Waals surface area contributed by atoms with E-state index in [1.54, 1.807) is 21.4 Å². The first-order valence-electron chi connectivity index (χ1n) is 12.0. The van der Waals surface area contributed by atoms with Crippen molar-refractivity contribution in [2.24, 2.45) is 0 Å². The van der Waals surface area contributed by atoms with Crippen molar-refractivity contribution in [2.45, 2.75) is 0 Å². The minimum absolute atomic E-state index is 0. The molecule has 0 spiro atoms. The van der Waals surface area contributed by atoms with Crippen molar-refractivity contribution >= 4 is 34.3 Å². The van der Waals surface area contributed by atoms with Crippen LogP contribution in [0.1, 0.15) is 20.7 Å². The van der Waals surface area contributed by atoms with Gasteiger partial charge in [-0.05, 0) is 24.3 Å². The Labute approximate surface area is 236 Å². The summed E-state index contributed by atoms with van der Waals surface area (Å²) in [6.07, 6.45) is 6.52. The Bertz CT molecular complexity index is 1410. The second-order valence-electron chi connectivity index (χ2n) is 8.49. The number of fused-ring (bicyclic) bond motifs is 2. The third kappa shape index (κ3) is 6.19. The van der Waals surface area contributed by atoms with Crippen molar-refractivity contribution in [3.05, 3.63) is 60.2 Å². The van der Waals surface area contributed by atoms with Gasteiger partial charge in [0, 0.05) is 38.6 Å². The number of pyridine rings is 2. The van der Waals surface area contributed by atoms with Gasteiger partial charge in [-0.1, -0.05) is 0 Å². The minimum atomic E-state index is -0.953. The number of morpholine rings is 2. The molecule has 0 atom stereocenters. The number of anilines is 2. The van der Waals surface area contributed by atoms with E-state index in [0.717, 1.165) is 43.1 Å². The molecule has 0 aliphatic carbocycles. The predicted octanol–water partition coefficient (Wildman–Crippen LogP) is -1.35. The molecule has 2 fully saturated rings.